The number of aryl methyl sites for hydroxylation is 1. The number of rotatable bonds is 4. The van der Waals surface area contributed by atoms with Gasteiger partial charge in [0.05, 0.1) is 13.1 Å². The number of thiophene rings is 1. The second-order valence-electron chi connectivity index (χ2n) is 3.29. The van der Waals surface area contributed by atoms with Gasteiger partial charge in [-0.05, 0) is 17.9 Å². The van der Waals surface area contributed by atoms with Crippen LogP contribution in [0.25, 0.3) is 11.4 Å². The van der Waals surface area contributed by atoms with Crippen LogP contribution in [0.2, 0.25) is 0 Å². The molecule has 0 saturated carbocycles. The zero-order valence-corrected chi connectivity index (χ0v) is 9.67. The molecule has 2 rings (SSSR count). The minimum atomic E-state index is 0.495. The van der Waals surface area contributed by atoms with Gasteiger partial charge in [0.25, 0.3) is 0 Å². The summed E-state index contributed by atoms with van der Waals surface area (Å²) in [5, 5.41) is 11.0. The van der Waals surface area contributed by atoms with E-state index < -0.39 is 0 Å². The van der Waals surface area contributed by atoms with Crippen LogP contribution in [0.5, 0.6) is 0 Å². The molecule has 0 aliphatic carbocycles. The zero-order valence-electron chi connectivity index (χ0n) is 8.86. The molecule has 0 spiro atoms. The lowest BCUT2D eigenvalue weighted by molar-refractivity contribution is 0.370. The van der Waals surface area contributed by atoms with E-state index in [9.17, 15) is 0 Å². The van der Waals surface area contributed by atoms with E-state index in [-0.39, 0.29) is 0 Å². The van der Waals surface area contributed by atoms with Crippen LogP contribution in [0.3, 0.4) is 0 Å². The maximum Gasteiger partial charge on any atom is 0.240 e. The van der Waals surface area contributed by atoms with Gasteiger partial charge in [0.1, 0.15) is 0 Å². The minimum absolute atomic E-state index is 0.495. The fourth-order valence-electron chi connectivity index (χ4n) is 1.27. The van der Waals surface area contributed by atoms with E-state index in [0.29, 0.717) is 24.8 Å². The van der Waals surface area contributed by atoms with Gasteiger partial charge >= 0.3 is 0 Å². The fraction of sp³-hybridized carbons (Fsp3) is 0.273. The van der Waals surface area contributed by atoms with Crippen LogP contribution < -0.4 is 5.32 Å². The Balaban J connectivity index is 2.09. The molecule has 0 atom stereocenters. The molecule has 0 radical (unpaired) electrons. The van der Waals surface area contributed by atoms with Crippen molar-refractivity contribution in [3.63, 3.8) is 0 Å². The molecule has 0 unspecified atom stereocenters. The smallest absolute Gasteiger partial charge is 0.240 e. The van der Waals surface area contributed by atoms with Crippen molar-refractivity contribution in [2.24, 2.45) is 0 Å². The van der Waals surface area contributed by atoms with Crippen LogP contribution in [-0.4, -0.2) is 16.7 Å². The second kappa shape index (κ2) is 4.92. The molecule has 0 amide bonds. The van der Waals surface area contributed by atoms with Crippen LogP contribution in [0.1, 0.15) is 11.5 Å². The van der Waals surface area contributed by atoms with Gasteiger partial charge in [0.2, 0.25) is 11.7 Å². The summed E-state index contributed by atoms with van der Waals surface area (Å²) in [6.45, 7) is 3.02. The molecule has 0 aliphatic heterocycles. The maximum absolute atomic E-state index is 5.12. The van der Waals surface area contributed by atoms with Gasteiger partial charge in [-0.2, -0.15) is 16.3 Å². The Morgan fingerprint density at radius 3 is 3.12 bits per heavy atom. The summed E-state index contributed by atoms with van der Waals surface area (Å²) in [4.78, 5) is 4.28. The van der Waals surface area contributed by atoms with E-state index in [4.69, 9.17) is 10.9 Å². The van der Waals surface area contributed by atoms with E-state index in [1.807, 2.05) is 12.3 Å². The number of aromatic nitrogens is 2. The Labute approximate surface area is 97.7 Å². The Morgan fingerprint density at radius 1 is 1.56 bits per heavy atom. The molecule has 2 aromatic heterocycles. The second-order valence-corrected chi connectivity index (χ2v) is 4.03. The summed E-state index contributed by atoms with van der Waals surface area (Å²) in [5.74, 6) is 3.67. The number of hydrogen-bond acceptors (Lipinski definition) is 5. The summed E-state index contributed by atoms with van der Waals surface area (Å²) in [6, 6.07) is 0. The first-order valence-electron chi connectivity index (χ1n) is 4.81. The highest BCUT2D eigenvalue weighted by molar-refractivity contribution is 7.08. The van der Waals surface area contributed by atoms with E-state index in [0.717, 1.165) is 11.1 Å². The summed E-state index contributed by atoms with van der Waals surface area (Å²) >= 11 is 1.63. The molecule has 0 saturated heterocycles. The fourth-order valence-corrected chi connectivity index (χ4v) is 2.09. The molecule has 0 fully saturated rings. The number of terminal acetylenes is 1. The Bertz CT molecular complexity index is 509. The van der Waals surface area contributed by atoms with E-state index in [1.165, 1.54) is 0 Å². The van der Waals surface area contributed by atoms with Crippen molar-refractivity contribution in [1.82, 2.24) is 15.5 Å². The molecule has 0 aliphatic rings. The topological polar surface area (TPSA) is 51.0 Å². The molecule has 5 heteroatoms. The minimum Gasteiger partial charge on any atom is -0.338 e. The quantitative estimate of drug-likeness (QED) is 0.646. The monoisotopic (exact) mass is 233 g/mol. The first-order valence-corrected chi connectivity index (χ1v) is 5.75. The number of nitrogens with zero attached hydrogens (tertiary/aromatic N) is 2. The molecular weight excluding hydrogens is 222 g/mol. The van der Waals surface area contributed by atoms with Crippen molar-refractivity contribution < 1.29 is 4.52 Å². The lowest BCUT2D eigenvalue weighted by atomic mass is 10.2. The predicted molar refractivity (Wildman–Crippen MR) is 62.9 cm³/mol. The average molecular weight is 233 g/mol. The first-order chi connectivity index (χ1) is 7.81. The third-order valence-corrected chi connectivity index (χ3v) is 2.93. The summed E-state index contributed by atoms with van der Waals surface area (Å²) in [6.07, 6.45) is 5.12. The molecule has 82 valence electrons. The van der Waals surface area contributed by atoms with Crippen molar-refractivity contribution >= 4 is 11.3 Å². The lowest BCUT2D eigenvalue weighted by Gasteiger charge is -1.92. The van der Waals surface area contributed by atoms with Gasteiger partial charge in [-0.15, -0.1) is 6.42 Å². The third kappa shape index (κ3) is 2.30. The van der Waals surface area contributed by atoms with Crippen molar-refractivity contribution in [2.45, 2.75) is 13.5 Å². The van der Waals surface area contributed by atoms with Crippen molar-refractivity contribution in [1.29, 1.82) is 0 Å². The SMILES string of the molecule is C#CCNCc1nc(-c2cscc2C)no1. The lowest BCUT2D eigenvalue weighted by Crippen LogP contribution is -2.13. The van der Waals surface area contributed by atoms with Crippen molar-refractivity contribution in [2.75, 3.05) is 6.54 Å². The van der Waals surface area contributed by atoms with Gasteiger partial charge in [0.15, 0.2) is 0 Å². The normalized spacial score (nSPS) is 10.2. The average Bonchev–Trinajstić information content (AvgIpc) is 2.87. The van der Waals surface area contributed by atoms with E-state index in [2.05, 4.69) is 26.8 Å². The Hall–Kier alpha value is -1.64. The molecule has 2 heterocycles. The highest BCUT2D eigenvalue weighted by Gasteiger charge is 2.10. The molecule has 16 heavy (non-hydrogen) atoms. The summed E-state index contributed by atoms with van der Waals surface area (Å²) in [5.41, 5.74) is 2.19. The van der Waals surface area contributed by atoms with Gasteiger partial charge < -0.3 is 4.52 Å². The van der Waals surface area contributed by atoms with Crippen LogP contribution in [-0.2, 0) is 6.54 Å². The van der Waals surface area contributed by atoms with Gasteiger partial charge in [-0.3, -0.25) is 5.32 Å². The largest absolute Gasteiger partial charge is 0.338 e. The molecule has 1 N–H and O–H groups in total. The Kier molecular flexibility index (Phi) is 3.34. The standard InChI is InChI=1S/C11H11N3OS/c1-3-4-12-5-10-13-11(14-15-10)9-7-16-6-8(9)2/h1,6-7,12H,4-5H2,2H3. The van der Waals surface area contributed by atoms with Crippen molar-refractivity contribution in [3.05, 3.63) is 22.2 Å². The molecular formula is C11H11N3OS. The van der Waals surface area contributed by atoms with E-state index >= 15 is 0 Å². The van der Waals surface area contributed by atoms with Crippen LogP contribution in [0.15, 0.2) is 15.3 Å². The molecule has 0 aromatic carbocycles. The number of nitrogens with one attached hydrogen (secondary N) is 1. The molecule has 2 aromatic rings. The van der Waals surface area contributed by atoms with Crippen LogP contribution in [0, 0.1) is 19.3 Å². The Morgan fingerprint density at radius 2 is 2.44 bits per heavy atom. The van der Waals surface area contributed by atoms with E-state index in [1.54, 1.807) is 11.3 Å². The predicted octanol–water partition coefficient (Wildman–Crippen LogP) is 1.83. The number of hydrogen-bond donors (Lipinski definition) is 1. The van der Waals surface area contributed by atoms with Crippen LogP contribution in [0.4, 0.5) is 0 Å². The maximum atomic E-state index is 5.12. The molecule has 4 nitrogen and oxygen atoms in total. The van der Waals surface area contributed by atoms with Crippen LogP contribution >= 0.6 is 11.3 Å². The van der Waals surface area contributed by atoms with Gasteiger partial charge in [-0.25, -0.2) is 0 Å². The van der Waals surface area contributed by atoms with Gasteiger partial charge in [-0.1, -0.05) is 11.1 Å². The zero-order chi connectivity index (χ0) is 11.4. The third-order valence-electron chi connectivity index (χ3n) is 2.07. The highest BCUT2D eigenvalue weighted by Crippen LogP contribution is 2.23. The first kappa shape index (κ1) is 10.9. The summed E-state index contributed by atoms with van der Waals surface area (Å²) < 4.78 is 5.10. The van der Waals surface area contributed by atoms with Crippen molar-refractivity contribution in [3.8, 4) is 23.7 Å². The summed E-state index contributed by atoms with van der Waals surface area (Å²) in [7, 11) is 0. The molecule has 0 bridgehead atoms. The van der Waals surface area contributed by atoms with Gasteiger partial charge in [0, 0.05) is 10.9 Å². The highest BCUT2D eigenvalue weighted by atomic mass is 32.1.